The lowest BCUT2D eigenvalue weighted by molar-refractivity contribution is 0.0273. The molecule has 0 radical (unpaired) electrons. The van der Waals surface area contributed by atoms with Gasteiger partial charge >= 0.3 is 0 Å². The molecule has 0 aromatic rings. The van der Waals surface area contributed by atoms with Crippen molar-refractivity contribution < 1.29 is 8.78 Å². The van der Waals surface area contributed by atoms with Crippen molar-refractivity contribution in [3.8, 4) is 0 Å². The fourth-order valence-corrected chi connectivity index (χ4v) is 1.76. The summed E-state index contributed by atoms with van der Waals surface area (Å²) in [6.45, 7) is 4.20. The Morgan fingerprint density at radius 3 is 2.31 bits per heavy atom. The molecule has 0 aromatic carbocycles. The van der Waals surface area contributed by atoms with E-state index in [0.717, 1.165) is 13.1 Å². The Labute approximate surface area is 78.1 Å². The fourth-order valence-electron chi connectivity index (χ4n) is 1.76. The number of halogens is 2. The van der Waals surface area contributed by atoms with Gasteiger partial charge in [0, 0.05) is 18.5 Å². The van der Waals surface area contributed by atoms with Gasteiger partial charge in [0.15, 0.2) is 0 Å². The van der Waals surface area contributed by atoms with Crippen LogP contribution >= 0.6 is 0 Å². The molecule has 0 saturated carbocycles. The van der Waals surface area contributed by atoms with Crippen molar-refractivity contribution >= 4 is 0 Å². The number of piperidine rings is 1. The van der Waals surface area contributed by atoms with Crippen molar-refractivity contribution in [2.24, 2.45) is 11.7 Å². The zero-order valence-electron chi connectivity index (χ0n) is 8.05. The topological polar surface area (TPSA) is 29.3 Å². The van der Waals surface area contributed by atoms with E-state index in [0.29, 0.717) is 25.4 Å². The number of hydrogen-bond acceptors (Lipinski definition) is 2. The van der Waals surface area contributed by atoms with E-state index in [1.807, 2.05) is 6.92 Å². The first-order valence-corrected chi connectivity index (χ1v) is 4.87. The molecule has 1 heterocycles. The summed E-state index contributed by atoms with van der Waals surface area (Å²) < 4.78 is 24.6. The van der Waals surface area contributed by atoms with Gasteiger partial charge in [-0.25, -0.2) is 8.78 Å². The van der Waals surface area contributed by atoms with E-state index >= 15 is 0 Å². The van der Waals surface area contributed by atoms with Crippen LogP contribution in [0.5, 0.6) is 0 Å². The van der Waals surface area contributed by atoms with E-state index in [4.69, 9.17) is 5.73 Å². The van der Waals surface area contributed by atoms with E-state index in [9.17, 15) is 8.78 Å². The molecule has 0 spiro atoms. The van der Waals surface area contributed by atoms with Gasteiger partial charge in [-0.1, -0.05) is 0 Å². The molecule has 0 bridgehead atoms. The Kier molecular flexibility index (Phi) is 4.06. The van der Waals surface area contributed by atoms with Crippen molar-refractivity contribution in [3.63, 3.8) is 0 Å². The minimum Gasteiger partial charge on any atom is -0.329 e. The maximum atomic E-state index is 12.3. The van der Waals surface area contributed by atoms with Crippen LogP contribution in [0, 0.1) is 5.92 Å². The van der Waals surface area contributed by atoms with Gasteiger partial charge in [-0.15, -0.1) is 0 Å². The fraction of sp³-hybridized carbons (Fsp3) is 1.00. The van der Waals surface area contributed by atoms with Gasteiger partial charge in [0.1, 0.15) is 0 Å². The SMILES string of the molecule is CC(CN)N1CCC(C(F)F)CC1. The second kappa shape index (κ2) is 4.86. The van der Waals surface area contributed by atoms with Gasteiger partial charge in [0.05, 0.1) is 0 Å². The summed E-state index contributed by atoms with van der Waals surface area (Å²) in [4.78, 5) is 2.19. The monoisotopic (exact) mass is 192 g/mol. The van der Waals surface area contributed by atoms with E-state index in [-0.39, 0.29) is 5.92 Å². The highest BCUT2D eigenvalue weighted by Crippen LogP contribution is 2.24. The molecule has 0 aliphatic carbocycles. The summed E-state index contributed by atoms with van der Waals surface area (Å²) in [5.74, 6) is -0.388. The molecule has 2 nitrogen and oxygen atoms in total. The third kappa shape index (κ3) is 2.88. The van der Waals surface area contributed by atoms with E-state index in [1.165, 1.54) is 0 Å². The van der Waals surface area contributed by atoms with Crippen LogP contribution in [0.1, 0.15) is 19.8 Å². The van der Waals surface area contributed by atoms with Gasteiger partial charge in [-0.2, -0.15) is 0 Å². The van der Waals surface area contributed by atoms with Gasteiger partial charge in [0.25, 0.3) is 0 Å². The third-order valence-corrected chi connectivity index (χ3v) is 2.90. The predicted octanol–water partition coefficient (Wildman–Crippen LogP) is 1.31. The molecular formula is C9H18F2N2. The summed E-state index contributed by atoms with van der Waals surface area (Å²) in [5.41, 5.74) is 5.51. The van der Waals surface area contributed by atoms with Crippen molar-refractivity contribution in [1.82, 2.24) is 4.90 Å². The number of rotatable bonds is 3. The lowest BCUT2D eigenvalue weighted by Gasteiger charge is -2.35. The highest BCUT2D eigenvalue weighted by Gasteiger charge is 2.27. The number of nitrogens with two attached hydrogens (primary N) is 1. The Hall–Kier alpha value is -0.220. The largest absolute Gasteiger partial charge is 0.329 e. The van der Waals surface area contributed by atoms with Crippen LogP contribution in [-0.4, -0.2) is 37.0 Å². The summed E-state index contributed by atoms with van der Waals surface area (Å²) in [5, 5.41) is 0. The molecule has 1 atom stereocenters. The first kappa shape index (κ1) is 10.9. The average molecular weight is 192 g/mol. The molecule has 1 saturated heterocycles. The molecule has 1 aliphatic heterocycles. The molecular weight excluding hydrogens is 174 g/mol. The van der Waals surface area contributed by atoms with Crippen LogP contribution in [0.4, 0.5) is 8.78 Å². The quantitative estimate of drug-likeness (QED) is 0.730. The first-order chi connectivity index (χ1) is 6.15. The number of nitrogens with zero attached hydrogens (tertiary/aromatic N) is 1. The zero-order chi connectivity index (χ0) is 9.84. The molecule has 2 N–H and O–H groups in total. The van der Waals surface area contributed by atoms with Crippen LogP contribution in [-0.2, 0) is 0 Å². The Balaban J connectivity index is 2.30. The minimum atomic E-state index is -2.14. The van der Waals surface area contributed by atoms with Crippen LogP contribution < -0.4 is 5.73 Å². The van der Waals surface area contributed by atoms with Crippen LogP contribution in [0.15, 0.2) is 0 Å². The summed E-state index contributed by atoms with van der Waals surface area (Å²) in [6, 6.07) is 0.332. The first-order valence-electron chi connectivity index (χ1n) is 4.87. The Morgan fingerprint density at radius 2 is 1.92 bits per heavy atom. The Morgan fingerprint density at radius 1 is 1.38 bits per heavy atom. The molecule has 1 fully saturated rings. The van der Waals surface area contributed by atoms with Crippen molar-refractivity contribution in [3.05, 3.63) is 0 Å². The van der Waals surface area contributed by atoms with Crippen LogP contribution in [0.25, 0.3) is 0 Å². The van der Waals surface area contributed by atoms with Crippen LogP contribution in [0.3, 0.4) is 0 Å². The average Bonchev–Trinajstić information content (AvgIpc) is 2.17. The summed E-state index contributed by atoms with van der Waals surface area (Å²) >= 11 is 0. The maximum absolute atomic E-state index is 12.3. The van der Waals surface area contributed by atoms with Crippen LogP contribution in [0.2, 0.25) is 0 Å². The van der Waals surface area contributed by atoms with Gasteiger partial charge in [0.2, 0.25) is 6.43 Å². The second-order valence-corrected chi connectivity index (χ2v) is 3.79. The van der Waals surface area contributed by atoms with Gasteiger partial charge < -0.3 is 5.73 Å². The number of alkyl halides is 2. The van der Waals surface area contributed by atoms with E-state index < -0.39 is 6.43 Å². The summed E-state index contributed by atoms with van der Waals surface area (Å²) in [7, 11) is 0. The molecule has 13 heavy (non-hydrogen) atoms. The van der Waals surface area contributed by atoms with Gasteiger partial charge in [-0.05, 0) is 32.9 Å². The molecule has 1 aliphatic rings. The molecule has 1 rings (SSSR count). The molecule has 4 heteroatoms. The number of likely N-dealkylation sites (tertiary alicyclic amines) is 1. The highest BCUT2D eigenvalue weighted by molar-refractivity contribution is 4.77. The van der Waals surface area contributed by atoms with Crippen molar-refractivity contribution in [1.29, 1.82) is 0 Å². The molecule has 0 amide bonds. The number of hydrogen-bond donors (Lipinski definition) is 1. The van der Waals surface area contributed by atoms with Crippen molar-refractivity contribution in [2.75, 3.05) is 19.6 Å². The Bertz CT molecular complexity index is 145. The van der Waals surface area contributed by atoms with E-state index in [1.54, 1.807) is 0 Å². The highest BCUT2D eigenvalue weighted by atomic mass is 19.3. The summed E-state index contributed by atoms with van der Waals surface area (Å²) in [6.07, 6.45) is -0.917. The zero-order valence-corrected chi connectivity index (χ0v) is 8.05. The lowest BCUT2D eigenvalue weighted by atomic mass is 9.96. The standard InChI is InChI=1S/C9H18F2N2/c1-7(6-12)13-4-2-8(3-5-13)9(10)11/h7-9H,2-6,12H2,1H3. The minimum absolute atomic E-state index is 0.332. The van der Waals surface area contributed by atoms with E-state index in [2.05, 4.69) is 4.90 Å². The predicted molar refractivity (Wildman–Crippen MR) is 48.8 cm³/mol. The molecule has 78 valence electrons. The molecule has 0 aromatic heterocycles. The second-order valence-electron chi connectivity index (χ2n) is 3.79. The van der Waals surface area contributed by atoms with Crippen molar-refractivity contribution in [2.45, 2.75) is 32.2 Å². The third-order valence-electron chi connectivity index (χ3n) is 2.90. The molecule has 1 unspecified atom stereocenters. The van der Waals surface area contributed by atoms with Gasteiger partial charge in [-0.3, -0.25) is 4.90 Å². The lowest BCUT2D eigenvalue weighted by Crippen LogP contribution is -2.44. The maximum Gasteiger partial charge on any atom is 0.241 e. The smallest absolute Gasteiger partial charge is 0.241 e. The normalized spacial score (nSPS) is 23.8.